The van der Waals surface area contributed by atoms with Gasteiger partial charge in [0.15, 0.2) is 0 Å². The Morgan fingerprint density at radius 1 is 0.967 bits per heavy atom. The maximum Gasteiger partial charge on any atom is 0.137 e. The maximum absolute atomic E-state index is 6.10. The topological polar surface area (TPSA) is 65.0 Å². The number of nitrogen functional groups attached to an aromatic ring is 1. The van der Waals surface area contributed by atoms with Crippen LogP contribution in [-0.4, -0.2) is 54.8 Å². The number of imidazole rings is 1. The third kappa shape index (κ3) is 5.19. The summed E-state index contributed by atoms with van der Waals surface area (Å²) in [6.07, 6.45) is 1.95. The summed E-state index contributed by atoms with van der Waals surface area (Å²) in [7, 11) is 3.46. The molecule has 0 spiro atoms. The van der Waals surface area contributed by atoms with Gasteiger partial charge in [0.2, 0.25) is 0 Å². The number of nitrogens with zero attached hydrogens (tertiary/aromatic N) is 3. The summed E-state index contributed by atoms with van der Waals surface area (Å²) in [5.41, 5.74) is 12.4. The standard InChI is InChI=1S/C24H34N4O2/c1-24(2,3)19-8-6-18(7-9-19)23-21(17-27(12-14-29-4)13-15-30-5)28-16-20(25)10-11-22(28)26-23/h6-11,16H,12-15,17,25H2,1-5H3. The van der Waals surface area contributed by atoms with Crippen molar-refractivity contribution in [2.75, 3.05) is 46.3 Å². The lowest BCUT2D eigenvalue weighted by Gasteiger charge is -2.22. The Hall–Kier alpha value is -2.41. The van der Waals surface area contributed by atoms with Crippen molar-refractivity contribution in [3.8, 4) is 11.3 Å². The number of fused-ring (bicyclic) bond motifs is 1. The summed E-state index contributed by atoms with van der Waals surface area (Å²) in [5, 5.41) is 0. The third-order valence-corrected chi connectivity index (χ3v) is 5.36. The van der Waals surface area contributed by atoms with Crippen LogP contribution in [0.5, 0.6) is 0 Å². The molecule has 0 aliphatic rings. The van der Waals surface area contributed by atoms with Gasteiger partial charge < -0.3 is 19.6 Å². The molecule has 30 heavy (non-hydrogen) atoms. The van der Waals surface area contributed by atoms with Gasteiger partial charge in [0.05, 0.1) is 24.6 Å². The first-order valence-corrected chi connectivity index (χ1v) is 10.4. The van der Waals surface area contributed by atoms with Crippen LogP contribution in [0.2, 0.25) is 0 Å². The predicted molar refractivity (Wildman–Crippen MR) is 123 cm³/mol. The Kier molecular flexibility index (Phi) is 7.13. The van der Waals surface area contributed by atoms with Crippen molar-refractivity contribution in [2.45, 2.75) is 32.7 Å². The fourth-order valence-electron chi connectivity index (χ4n) is 3.54. The Bertz CT molecular complexity index is 950. The maximum atomic E-state index is 6.10. The van der Waals surface area contributed by atoms with E-state index in [1.165, 1.54) is 5.56 Å². The molecular formula is C24H34N4O2. The average molecular weight is 411 g/mol. The van der Waals surface area contributed by atoms with E-state index in [9.17, 15) is 0 Å². The van der Waals surface area contributed by atoms with Gasteiger partial charge in [-0.15, -0.1) is 0 Å². The molecule has 3 rings (SSSR count). The molecule has 6 nitrogen and oxygen atoms in total. The average Bonchev–Trinajstić information content (AvgIpc) is 3.07. The fourth-order valence-corrected chi connectivity index (χ4v) is 3.54. The molecule has 3 aromatic rings. The Balaban J connectivity index is 2.03. The lowest BCUT2D eigenvalue weighted by Crippen LogP contribution is -2.31. The molecule has 2 heterocycles. The van der Waals surface area contributed by atoms with Crippen molar-refractivity contribution in [1.82, 2.24) is 14.3 Å². The van der Waals surface area contributed by atoms with Gasteiger partial charge in [-0.3, -0.25) is 4.90 Å². The first kappa shape index (κ1) is 22.3. The molecule has 0 bridgehead atoms. The van der Waals surface area contributed by atoms with E-state index in [-0.39, 0.29) is 5.41 Å². The molecule has 0 atom stereocenters. The smallest absolute Gasteiger partial charge is 0.137 e. The van der Waals surface area contributed by atoms with Gasteiger partial charge in [-0.05, 0) is 23.1 Å². The van der Waals surface area contributed by atoms with Crippen LogP contribution in [0.3, 0.4) is 0 Å². The number of ether oxygens (including phenoxy) is 2. The van der Waals surface area contributed by atoms with E-state index in [0.29, 0.717) is 13.2 Å². The van der Waals surface area contributed by atoms with Gasteiger partial charge in [-0.25, -0.2) is 4.98 Å². The Morgan fingerprint density at radius 2 is 1.60 bits per heavy atom. The largest absolute Gasteiger partial charge is 0.398 e. The number of pyridine rings is 1. The molecule has 1 aromatic carbocycles. The van der Waals surface area contributed by atoms with Gasteiger partial charge in [-0.2, -0.15) is 0 Å². The van der Waals surface area contributed by atoms with Crippen molar-refractivity contribution in [2.24, 2.45) is 0 Å². The molecule has 0 aliphatic carbocycles. The fraction of sp³-hybridized carbons (Fsp3) is 0.458. The van der Waals surface area contributed by atoms with Crippen LogP contribution in [0.1, 0.15) is 32.0 Å². The van der Waals surface area contributed by atoms with Crippen LogP contribution < -0.4 is 5.73 Å². The summed E-state index contributed by atoms with van der Waals surface area (Å²) in [6, 6.07) is 12.6. The number of benzene rings is 1. The second-order valence-corrected chi connectivity index (χ2v) is 8.69. The molecule has 0 saturated carbocycles. The molecule has 0 amide bonds. The van der Waals surface area contributed by atoms with Gasteiger partial charge in [0, 0.05) is 51.3 Å². The highest BCUT2D eigenvalue weighted by Crippen LogP contribution is 2.29. The zero-order valence-electron chi connectivity index (χ0n) is 18.8. The molecule has 2 N–H and O–H groups in total. The molecule has 162 valence electrons. The highest BCUT2D eigenvalue weighted by Gasteiger charge is 2.19. The van der Waals surface area contributed by atoms with Crippen molar-refractivity contribution in [1.29, 1.82) is 0 Å². The second-order valence-electron chi connectivity index (χ2n) is 8.69. The van der Waals surface area contributed by atoms with Crippen LogP contribution in [-0.2, 0) is 21.4 Å². The summed E-state index contributed by atoms with van der Waals surface area (Å²) >= 11 is 0. The molecule has 0 fully saturated rings. The quantitative estimate of drug-likeness (QED) is 0.578. The van der Waals surface area contributed by atoms with Gasteiger partial charge in [-0.1, -0.05) is 45.0 Å². The van der Waals surface area contributed by atoms with E-state index in [1.54, 1.807) is 14.2 Å². The number of methoxy groups -OCH3 is 2. The minimum absolute atomic E-state index is 0.117. The first-order chi connectivity index (χ1) is 14.3. The summed E-state index contributed by atoms with van der Waals surface area (Å²) in [4.78, 5) is 7.27. The van der Waals surface area contributed by atoms with Crippen LogP contribution >= 0.6 is 0 Å². The molecule has 2 aromatic heterocycles. The number of rotatable bonds is 9. The third-order valence-electron chi connectivity index (χ3n) is 5.36. The molecule has 0 unspecified atom stereocenters. The predicted octanol–water partition coefficient (Wildman–Crippen LogP) is 3.98. The van der Waals surface area contributed by atoms with Crippen molar-refractivity contribution >= 4 is 11.3 Å². The number of aromatic nitrogens is 2. The summed E-state index contributed by atoms with van der Waals surface area (Å²) in [6.45, 7) is 10.4. The lowest BCUT2D eigenvalue weighted by molar-refractivity contribution is 0.109. The van der Waals surface area contributed by atoms with Crippen molar-refractivity contribution in [3.63, 3.8) is 0 Å². The van der Waals surface area contributed by atoms with Crippen LogP contribution in [0.25, 0.3) is 16.9 Å². The van der Waals surface area contributed by atoms with Gasteiger partial charge in [0.1, 0.15) is 5.65 Å². The summed E-state index contributed by atoms with van der Waals surface area (Å²) < 4.78 is 12.7. The van der Waals surface area contributed by atoms with E-state index in [1.807, 2.05) is 18.3 Å². The molecule has 0 saturated heterocycles. The van der Waals surface area contributed by atoms with Crippen molar-refractivity contribution in [3.05, 3.63) is 53.9 Å². The van der Waals surface area contributed by atoms with E-state index in [2.05, 4.69) is 54.3 Å². The van der Waals surface area contributed by atoms with E-state index >= 15 is 0 Å². The van der Waals surface area contributed by atoms with Crippen LogP contribution in [0.15, 0.2) is 42.6 Å². The van der Waals surface area contributed by atoms with E-state index in [0.717, 1.165) is 47.9 Å². The molecular weight excluding hydrogens is 376 g/mol. The first-order valence-electron chi connectivity index (χ1n) is 10.4. The molecule has 6 heteroatoms. The zero-order valence-corrected chi connectivity index (χ0v) is 18.8. The second kappa shape index (κ2) is 9.60. The normalized spacial score (nSPS) is 12.2. The van der Waals surface area contributed by atoms with Crippen LogP contribution in [0.4, 0.5) is 5.69 Å². The molecule has 0 aliphatic heterocycles. The highest BCUT2D eigenvalue weighted by atomic mass is 16.5. The number of hydrogen-bond donors (Lipinski definition) is 1. The lowest BCUT2D eigenvalue weighted by atomic mass is 9.86. The highest BCUT2D eigenvalue weighted by molar-refractivity contribution is 5.68. The Morgan fingerprint density at radius 3 is 2.17 bits per heavy atom. The van der Waals surface area contributed by atoms with Gasteiger partial charge >= 0.3 is 0 Å². The Labute approximate surface area is 179 Å². The van der Waals surface area contributed by atoms with Crippen molar-refractivity contribution < 1.29 is 9.47 Å². The van der Waals surface area contributed by atoms with Crippen LogP contribution in [0, 0.1) is 0 Å². The van der Waals surface area contributed by atoms with Gasteiger partial charge in [0.25, 0.3) is 0 Å². The summed E-state index contributed by atoms with van der Waals surface area (Å²) in [5.74, 6) is 0. The minimum atomic E-state index is 0.117. The van der Waals surface area contributed by atoms with E-state index < -0.39 is 0 Å². The monoisotopic (exact) mass is 410 g/mol. The number of hydrogen-bond acceptors (Lipinski definition) is 5. The minimum Gasteiger partial charge on any atom is -0.398 e. The number of anilines is 1. The van der Waals surface area contributed by atoms with E-state index in [4.69, 9.17) is 20.2 Å². The SMILES string of the molecule is COCCN(CCOC)Cc1c(-c2ccc(C(C)(C)C)cc2)nc2ccc(N)cn12. The number of nitrogens with two attached hydrogens (primary N) is 1. The zero-order chi connectivity index (χ0) is 21.7. The molecule has 0 radical (unpaired) electrons.